The molecule has 0 radical (unpaired) electrons. The van der Waals surface area contributed by atoms with Gasteiger partial charge in [-0.1, -0.05) is 30.7 Å². The second kappa shape index (κ2) is 8.18. The van der Waals surface area contributed by atoms with Gasteiger partial charge in [-0.15, -0.1) is 0 Å². The molecule has 2 N–H and O–H groups in total. The van der Waals surface area contributed by atoms with Crippen LogP contribution < -0.4 is 10.6 Å². The standard InChI is InChI=1S/C15H23ClN2O/c1-4-12(3)18-15(19)7-8-17-10-13-6-5-11(2)9-14(13)16/h5-6,9,12,17H,4,7-8,10H2,1-3H3,(H,18,19). The van der Waals surface area contributed by atoms with Crippen LogP contribution in [0.4, 0.5) is 0 Å². The second-order valence-electron chi connectivity index (χ2n) is 4.90. The van der Waals surface area contributed by atoms with Crippen LogP contribution in [0, 0.1) is 6.92 Å². The van der Waals surface area contributed by atoms with Gasteiger partial charge in [-0.3, -0.25) is 4.79 Å². The Morgan fingerprint density at radius 2 is 2.16 bits per heavy atom. The number of aryl methyl sites for hydroxylation is 1. The van der Waals surface area contributed by atoms with E-state index in [1.54, 1.807) is 0 Å². The van der Waals surface area contributed by atoms with Crippen molar-refractivity contribution in [3.63, 3.8) is 0 Å². The zero-order valence-corrected chi connectivity index (χ0v) is 12.7. The van der Waals surface area contributed by atoms with E-state index in [2.05, 4.69) is 17.6 Å². The fourth-order valence-electron chi connectivity index (χ4n) is 1.67. The van der Waals surface area contributed by atoms with Gasteiger partial charge < -0.3 is 10.6 Å². The third kappa shape index (κ3) is 6.08. The van der Waals surface area contributed by atoms with Crippen LogP contribution in [0.15, 0.2) is 18.2 Å². The number of hydrogen-bond donors (Lipinski definition) is 2. The monoisotopic (exact) mass is 282 g/mol. The van der Waals surface area contributed by atoms with E-state index in [0.29, 0.717) is 19.5 Å². The fourth-order valence-corrected chi connectivity index (χ4v) is 1.97. The maximum atomic E-state index is 11.6. The van der Waals surface area contributed by atoms with Gasteiger partial charge in [0.15, 0.2) is 0 Å². The summed E-state index contributed by atoms with van der Waals surface area (Å²) in [4.78, 5) is 11.6. The molecule has 3 nitrogen and oxygen atoms in total. The summed E-state index contributed by atoms with van der Waals surface area (Å²) in [7, 11) is 0. The molecular weight excluding hydrogens is 260 g/mol. The summed E-state index contributed by atoms with van der Waals surface area (Å²) in [5, 5.41) is 6.96. The van der Waals surface area contributed by atoms with Gasteiger partial charge >= 0.3 is 0 Å². The molecule has 106 valence electrons. The Morgan fingerprint density at radius 3 is 2.79 bits per heavy atom. The Kier molecular flexibility index (Phi) is 6.89. The SMILES string of the molecule is CCC(C)NC(=O)CCNCc1ccc(C)cc1Cl. The number of amides is 1. The van der Waals surface area contributed by atoms with E-state index in [1.807, 2.05) is 32.0 Å². The first-order valence-corrected chi connectivity index (χ1v) is 7.15. The zero-order valence-electron chi connectivity index (χ0n) is 11.9. The third-order valence-electron chi connectivity index (χ3n) is 3.07. The molecule has 4 heteroatoms. The molecule has 0 spiro atoms. The highest BCUT2D eigenvalue weighted by molar-refractivity contribution is 6.31. The molecule has 1 rings (SSSR count). The first-order chi connectivity index (χ1) is 9.02. The van der Waals surface area contributed by atoms with Crippen LogP contribution in [0.2, 0.25) is 5.02 Å². The number of rotatable bonds is 7. The quantitative estimate of drug-likeness (QED) is 0.755. The lowest BCUT2D eigenvalue weighted by Crippen LogP contribution is -2.33. The van der Waals surface area contributed by atoms with Crippen LogP contribution in [0.5, 0.6) is 0 Å². The predicted molar refractivity (Wildman–Crippen MR) is 80.4 cm³/mol. The number of halogens is 1. The molecule has 0 aliphatic carbocycles. The van der Waals surface area contributed by atoms with E-state index in [0.717, 1.165) is 22.6 Å². The maximum absolute atomic E-state index is 11.6. The molecule has 0 bridgehead atoms. The Balaban J connectivity index is 2.25. The molecular formula is C15H23ClN2O. The Morgan fingerprint density at radius 1 is 1.42 bits per heavy atom. The molecule has 0 saturated heterocycles. The molecule has 0 aliphatic heterocycles. The maximum Gasteiger partial charge on any atom is 0.221 e. The van der Waals surface area contributed by atoms with E-state index in [4.69, 9.17) is 11.6 Å². The van der Waals surface area contributed by atoms with Gasteiger partial charge in [0.05, 0.1) is 0 Å². The molecule has 1 atom stereocenters. The van der Waals surface area contributed by atoms with E-state index in [9.17, 15) is 4.79 Å². The number of hydrogen-bond acceptors (Lipinski definition) is 2. The van der Waals surface area contributed by atoms with Gasteiger partial charge in [0, 0.05) is 30.6 Å². The molecule has 0 saturated carbocycles. The third-order valence-corrected chi connectivity index (χ3v) is 3.42. The number of nitrogens with one attached hydrogen (secondary N) is 2. The average Bonchev–Trinajstić information content (AvgIpc) is 2.36. The molecule has 0 aromatic heterocycles. The van der Waals surface area contributed by atoms with E-state index < -0.39 is 0 Å². The minimum atomic E-state index is 0.0943. The van der Waals surface area contributed by atoms with E-state index in [-0.39, 0.29) is 11.9 Å². The first kappa shape index (κ1) is 16.0. The molecule has 1 aromatic carbocycles. The highest BCUT2D eigenvalue weighted by atomic mass is 35.5. The highest BCUT2D eigenvalue weighted by Crippen LogP contribution is 2.17. The largest absolute Gasteiger partial charge is 0.354 e. The van der Waals surface area contributed by atoms with Crippen molar-refractivity contribution in [3.8, 4) is 0 Å². The van der Waals surface area contributed by atoms with Crippen LogP contribution >= 0.6 is 11.6 Å². The van der Waals surface area contributed by atoms with Gasteiger partial charge in [-0.05, 0) is 37.5 Å². The number of carbonyl (C=O) groups is 1. The molecule has 0 fully saturated rings. The zero-order chi connectivity index (χ0) is 14.3. The van der Waals surface area contributed by atoms with Gasteiger partial charge in [-0.2, -0.15) is 0 Å². The van der Waals surface area contributed by atoms with Crippen molar-refractivity contribution >= 4 is 17.5 Å². The average molecular weight is 283 g/mol. The molecule has 0 heterocycles. The smallest absolute Gasteiger partial charge is 0.221 e. The molecule has 1 unspecified atom stereocenters. The summed E-state index contributed by atoms with van der Waals surface area (Å²) in [6.45, 7) is 7.44. The minimum Gasteiger partial charge on any atom is -0.354 e. The summed E-state index contributed by atoms with van der Waals surface area (Å²) in [5.41, 5.74) is 2.22. The van der Waals surface area contributed by atoms with Crippen LogP contribution in [-0.4, -0.2) is 18.5 Å². The van der Waals surface area contributed by atoms with Crippen molar-refractivity contribution < 1.29 is 4.79 Å². The van der Waals surface area contributed by atoms with Crippen LogP contribution in [0.1, 0.15) is 37.8 Å². The van der Waals surface area contributed by atoms with Gasteiger partial charge in [-0.25, -0.2) is 0 Å². The van der Waals surface area contributed by atoms with Crippen molar-refractivity contribution in [1.82, 2.24) is 10.6 Å². The normalized spacial score (nSPS) is 12.2. The predicted octanol–water partition coefficient (Wildman–Crippen LogP) is 3.04. The molecule has 1 amide bonds. The van der Waals surface area contributed by atoms with Crippen molar-refractivity contribution in [1.29, 1.82) is 0 Å². The second-order valence-corrected chi connectivity index (χ2v) is 5.31. The Labute approximate surface area is 120 Å². The van der Waals surface area contributed by atoms with Crippen LogP contribution in [0.3, 0.4) is 0 Å². The van der Waals surface area contributed by atoms with Crippen molar-refractivity contribution in [2.45, 2.75) is 46.2 Å². The summed E-state index contributed by atoms with van der Waals surface area (Å²) < 4.78 is 0. The van der Waals surface area contributed by atoms with Gasteiger partial charge in [0.1, 0.15) is 0 Å². The van der Waals surface area contributed by atoms with E-state index >= 15 is 0 Å². The summed E-state index contributed by atoms with van der Waals surface area (Å²) in [6, 6.07) is 6.26. The lowest BCUT2D eigenvalue weighted by molar-refractivity contribution is -0.121. The van der Waals surface area contributed by atoms with Crippen molar-refractivity contribution in [2.75, 3.05) is 6.54 Å². The van der Waals surface area contributed by atoms with Crippen LogP contribution in [0.25, 0.3) is 0 Å². The van der Waals surface area contributed by atoms with Crippen molar-refractivity contribution in [3.05, 3.63) is 34.3 Å². The number of benzene rings is 1. The first-order valence-electron chi connectivity index (χ1n) is 6.78. The molecule has 0 aliphatic rings. The van der Waals surface area contributed by atoms with Gasteiger partial charge in [0.2, 0.25) is 5.91 Å². The lowest BCUT2D eigenvalue weighted by atomic mass is 10.1. The van der Waals surface area contributed by atoms with Crippen LogP contribution in [-0.2, 0) is 11.3 Å². The highest BCUT2D eigenvalue weighted by Gasteiger charge is 2.05. The van der Waals surface area contributed by atoms with E-state index in [1.165, 1.54) is 0 Å². The fraction of sp³-hybridized carbons (Fsp3) is 0.533. The summed E-state index contributed by atoms with van der Waals surface area (Å²) in [6.07, 6.45) is 1.45. The summed E-state index contributed by atoms with van der Waals surface area (Å²) in [5.74, 6) is 0.0943. The number of carbonyl (C=O) groups excluding carboxylic acids is 1. The van der Waals surface area contributed by atoms with Gasteiger partial charge in [0.25, 0.3) is 0 Å². The lowest BCUT2D eigenvalue weighted by Gasteiger charge is -2.12. The Bertz CT molecular complexity index is 421. The topological polar surface area (TPSA) is 41.1 Å². The Hall–Kier alpha value is -1.06. The summed E-state index contributed by atoms with van der Waals surface area (Å²) >= 11 is 6.14. The molecule has 1 aromatic rings. The van der Waals surface area contributed by atoms with Crippen molar-refractivity contribution in [2.24, 2.45) is 0 Å². The minimum absolute atomic E-state index is 0.0943. The molecule has 19 heavy (non-hydrogen) atoms.